The summed E-state index contributed by atoms with van der Waals surface area (Å²) in [6, 6.07) is -0.0681. The van der Waals surface area contributed by atoms with Crippen molar-refractivity contribution in [3.05, 3.63) is 0 Å². The van der Waals surface area contributed by atoms with Crippen LogP contribution in [-0.4, -0.2) is 60.6 Å². The van der Waals surface area contributed by atoms with Crippen molar-refractivity contribution < 1.29 is 9.90 Å². The van der Waals surface area contributed by atoms with Gasteiger partial charge in [-0.05, 0) is 27.4 Å². The molecule has 0 heterocycles. The van der Waals surface area contributed by atoms with Crippen molar-refractivity contribution in [2.45, 2.75) is 26.3 Å². The van der Waals surface area contributed by atoms with Gasteiger partial charge in [-0.2, -0.15) is 0 Å². The first kappa shape index (κ1) is 13.4. The molecule has 0 aliphatic rings. The molecule has 0 saturated heterocycles. The quantitative estimate of drug-likeness (QED) is 0.667. The van der Waals surface area contributed by atoms with Crippen LogP contribution in [0.15, 0.2) is 0 Å². The minimum absolute atomic E-state index is 0.0312. The van der Waals surface area contributed by atoms with Gasteiger partial charge < -0.3 is 10.0 Å². The Morgan fingerprint density at radius 2 is 1.93 bits per heavy atom. The lowest BCUT2D eigenvalue weighted by Gasteiger charge is -2.28. The first-order valence-corrected chi connectivity index (χ1v) is 5.14. The standard InChI is InChI=1S/C10H22N2O2/c1-5-9(11(3)4)10(14)12(6-2)7-8-13/h9,13H,5-8H2,1-4H3. The minimum atomic E-state index is -0.0681. The molecule has 1 N–H and O–H groups in total. The van der Waals surface area contributed by atoms with E-state index in [-0.39, 0.29) is 18.6 Å². The average Bonchev–Trinajstić information content (AvgIpc) is 2.14. The number of nitrogens with zero attached hydrogens (tertiary/aromatic N) is 2. The Balaban J connectivity index is 4.37. The molecule has 84 valence electrons. The highest BCUT2D eigenvalue weighted by Crippen LogP contribution is 2.04. The number of carbonyl (C=O) groups is 1. The van der Waals surface area contributed by atoms with Gasteiger partial charge in [-0.25, -0.2) is 0 Å². The minimum Gasteiger partial charge on any atom is -0.395 e. The van der Waals surface area contributed by atoms with Gasteiger partial charge >= 0.3 is 0 Å². The first-order chi connectivity index (χ1) is 6.58. The van der Waals surface area contributed by atoms with Crippen molar-refractivity contribution in [2.24, 2.45) is 0 Å². The van der Waals surface area contributed by atoms with Crippen LogP contribution < -0.4 is 0 Å². The second kappa shape index (κ2) is 6.79. The zero-order valence-electron chi connectivity index (χ0n) is 9.66. The second-order valence-corrected chi connectivity index (χ2v) is 3.53. The molecule has 0 aliphatic heterocycles. The van der Waals surface area contributed by atoms with E-state index in [9.17, 15) is 4.79 Å². The highest BCUT2D eigenvalue weighted by Gasteiger charge is 2.22. The molecule has 4 nitrogen and oxygen atoms in total. The summed E-state index contributed by atoms with van der Waals surface area (Å²) in [4.78, 5) is 15.5. The van der Waals surface area contributed by atoms with Crippen LogP contribution in [0.1, 0.15) is 20.3 Å². The molecule has 1 amide bonds. The maximum Gasteiger partial charge on any atom is 0.239 e. The van der Waals surface area contributed by atoms with Crippen molar-refractivity contribution >= 4 is 5.91 Å². The molecule has 0 radical (unpaired) electrons. The molecule has 0 rings (SSSR count). The smallest absolute Gasteiger partial charge is 0.239 e. The topological polar surface area (TPSA) is 43.8 Å². The molecule has 14 heavy (non-hydrogen) atoms. The number of amides is 1. The summed E-state index contributed by atoms with van der Waals surface area (Å²) in [5, 5.41) is 8.80. The number of rotatable bonds is 6. The van der Waals surface area contributed by atoms with Gasteiger partial charge in [0.2, 0.25) is 5.91 Å². The average molecular weight is 202 g/mol. The molecule has 0 saturated carbocycles. The first-order valence-electron chi connectivity index (χ1n) is 5.14. The molecule has 0 aliphatic carbocycles. The second-order valence-electron chi connectivity index (χ2n) is 3.53. The summed E-state index contributed by atoms with van der Waals surface area (Å²) in [5.41, 5.74) is 0. The number of hydrogen-bond acceptors (Lipinski definition) is 3. The van der Waals surface area contributed by atoms with E-state index in [4.69, 9.17) is 5.11 Å². The van der Waals surface area contributed by atoms with Gasteiger partial charge in [0.1, 0.15) is 0 Å². The Hall–Kier alpha value is -0.610. The third-order valence-electron chi connectivity index (χ3n) is 2.36. The van der Waals surface area contributed by atoms with Crippen LogP contribution >= 0.6 is 0 Å². The third kappa shape index (κ3) is 3.64. The lowest BCUT2D eigenvalue weighted by atomic mass is 10.2. The van der Waals surface area contributed by atoms with Crippen molar-refractivity contribution in [2.75, 3.05) is 33.8 Å². The summed E-state index contributed by atoms with van der Waals surface area (Å²) in [7, 11) is 3.80. The summed E-state index contributed by atoms with van der Waals surface area (Å²) in [6.45, 7) is 5.04. The lowest BCUT2D eigenvalue weighted by Crippen LogP contribution is -2.46. The molecule has 1 atom stereocenters. The Morgan fingerprint density at radius 3 is 2.21 bits per heavy atom. The molecule has 0 aromatic rings. The number of likely N-dealkylation sites (N-methyl/N-ethyl adjacent to an activating group) is 2. The van der Waals surface area contributed by atoms with E-state index >= 15 is 0 Å². The molecule has 0 aromatic carbocycles. The van der Waals surface area contributed by atoms with Crippen LogP contribution in [0.3, 0.4) is 0 Å². The van der Waals surface area contributed by atoms with E-state index in [0.29, 0.717) is 13.1 Å². The normalized spacial score (nSPS) is 13.0. The largest absolute Gasteiger partial charge is 0.395 e. The summed E-state index contributed by atoms with van der Waals surface area (Å²) in [6.07, 6.45) is 0.799. The maximum absolute atomic E-state index is 11.9. The molecular weight excluding hydrogens is 180 g/mol. The van der Waals surface area contributed by atoms with E-state index in [1.165, 1.54) is 0 Å². The molecular formula is C10H22N2O2. The molecule has 1 unspecified atom stereocenters. The van der Waals surface area contributed by atoms with Gasteiger partial charge in [-0.3, -0.25) is 9.69 Å². The highest BCUT2D eigenvalue weighted by molar-refractivity contribution is 5.81. The van der Waals surface area contributed by atoms with Crippen molar-refractivity contribution in [3.63, 3.8) is 0 Å². The fourth-order valence-corrected chi connectivity index (χ4v) is 1.52. The lowest BCUT2D eigenvalue weighted by molar-refractivity contribution is -0.136. The fraction of sp³-hybridized carbons (Fsp3) is 0.900. The zero-order chi connectivity index (χ0) is 11.1. The van der Waals surface area contributed by atoms with E-state index in [2.05, 4.69) is 0 Å². The number of carbonyl (C=O) groups excluding carboxylic acids is 1. The summed E-state index contributed by atoms with van der Waals surface area (Å²) >= 11 is 0. The molecule has 4 heteroatoms. The Kier molecular flexibility index (Phi) is 6.49. The third-order valence-corrected chi connectivity index (χ3v) is 2.36. The molecule has 0 spiro atoms. The Morgan fingerprint density at radius 1 is 1.36 bits per heavy atom. The zero-order valence-corrected chi connectivity index (χ0v) is 9.66. The van der Waals surface area contributed by atoms with Crippen LogP contribution in [0.4, 0.5) is 0 Å². The van der Waals surface area contributed by atoms with E-state index in [0.717, 1.165) is 6.42 Å². The van der Waals surface area contributed by atoms with Gasteiger partial charge in [0.05, 0.1) is 12.6 Å². The van der Waals surface area contributed by atoms with Crippen molar-refractivity contribution in [1.82, 2.24) is 9.80 Å². The van der Waals surface area contributed by atoms with Crippen LogP contribution in [0, 0.1) is 0 Å². The monoisotopic (exact) mass is 202 g/mol. The van der Waals surface area contributed by atoms with Crippen LogP contribution in [0.5, 0.6) is 0 Å². The van der Waals surface area contributed by atoms with E-state index in [1.54, 1.807) is 4.90 Å². The summed E-state index contributed by atoms with van der Waals surface area (Å²) in [5.74, 6) is 0.106. The predicted octanol–water partition coefficient (Wildman–Crippen LogP) is 0.167. The molecule has 0 fully saturated rings. The Labute approximate surface area is 86.5 Å². The van der Waals surface area contributed by atoms with Gasteiger partial charge in [-0.1, -0.05) is 6.92 Å². The number of aliphatic hydroxyl groups excluding tert-OH is 1. The van der Waals surface area contributed by atoms with Crippen LogP contribution in [-0.2, 0) is 4.79 Å². The van der Waals surface area contributed by atoms with Crippen molar-refractivity contribution in [1.29, 1.82) is 0 Å². The van der Waals surface area contributed by atoms with E-state index in [1.807, 2.05) is 32.8 Å². The number of hydrogen-bond donors (Lipinski definition) is 1. The van der Waals surface area contributed by atoms with Crippen molar-refractivity contribution in [3.8, 4) is 0 Å². The van der Waals surface area contributed by atoms with Gasteiger partial charge in [0.15, 0.2) is 0 Å². The molecule has 0 bridgehead atoms. The fourth-order valence-electron chi connectivity index (χ4n) is 1.52. The van der Waals surface area contributed by atoms with Gasteiger partial charge in [-0.15, -0.1) is 0 Å². The molecule has 0 aromatic heterocycles. The van der Waals surface area contributed by atoms with E-state index < -0.39 is 0 Å². The Bertz CT molecular complexity index is 172. The van der Waals surface area contributed by atoms with Crippen LogP contribution in [0.2, 0.25) is 0 Å². The van der Waals surface area contributed by atoms with Gasteiger partial charge in [0.25, 0.3) is 0 Å². The maximum atomic E-state index is 11.9. The van der Waals surface area contributed by atoms with Gasteiger partial charge in [0, 0.05) is 13.1 Å². The highest BCUT2D eigenvalue weighted by atomic mass is 16.3. The summed E-state index contributed by atoms with van der Waals surface area (Å²) < 4.78 is 0. The predicted molar refractivity (Wildman–Crippen MR) is 57.1 cm³/mol. The SMILES string of the molecule is CCC(C(=O)N(CC)CCO)N(C)C. The van der Waals surface area contributed by atoms with Crippen LogP contribution in [0.25, 0.3) is 0 Å². The number of aliphatic hydroxyl groups is 1.